The molecule has 32 heavy (non-hydrogen) atoms. The fourth-order valence-corrected chi connectivity index (χ4v) is 6.25. The molecule has 4 rings (SSSR count). The van der Waals surface area contributed by atoms with Gasteiger partial charge in [0.15, 0.2) is 9.84 Å². The van der Waals surface area contributed by atoms with Crippen LogP contribution in [0.4, 0.5) is 0 Å². The number of amides is 1. The highest BCUT2D eigenvalue weighted by Crippen LogP contribution is 2.25. The molecule has 2 aromatic carbocycles. The molecule has 1 atom stereocenters. The molecule has 3 aromatic rings. The van der Waals surface area contributed by atoms with E-state index < -0.39 is 15.4 Å². The van der Waals surface area contributed by atoms with Crippen LogP contribution >= 0.6 is 0 Å². The summed E-state index contributed by atoms with van der Waals surface area (Å²) in [6.45, 7) is 2.49. The quantitative estimate of drug-likeness (QED) is 0.596. The van der Waals surface area contributed by atoms with E-state index in [9.17, 15) is 13.2 Å². The molecule has 1 saturated heterocycles. The van der Waals surface area contributed by atoms with Gasteiger partial charge in [0.1, 0.15) is 0 Å². The van der Waals surface area contributed by atoms with E-state index in [0.717, 1.165) is 22.5 Å². The number of hydrogen-bond donors (Lipinski definition) is 1. The molecule has 168 valence electrons. The van der Waals surface area contributed by atoms with Gasteiger partial charge in [-0.1, -0.05) is 48.5 Å². The zero-order valence-corrected chi connectivity index (χ0v) is 19.2. The second-order valence-corrected chi connectivity index (χ2v) is 11.0. The summed E-state index contributed by atoms with van der Waals surface area (Å²) in [6, 6.07) is 19.9. The molecule has 0 bridgehead atoms. The van der Waals surface area contributed by atoms with Gasteiger partial charge in [-0.25, -0.2) is 13.1 Å². The molecule has 1 aliphatic rings. The van der Waals surface area contributed by atoms with Gasteiger partial charge in [0.05, 0.1) is 35.0 Å². The summed E-state index contributed by atoms with van der Waals surface area (Å²) in [5.41, 5.74) is 3.16. The molecular weight excluding hydrogens is 424 g/mol. The lowest BCUT2D eigenvalue weighted by Crippen LogP contribution is -2.49. The molecule has 1 N–H and O–H groups in total. The number of benzene rings is 2. The Morgan fingerprint density at radius 3 is 2.41 bits per heavy atom. The second kappa shape index (κ2) is 8.88. The number of rotatable bonds is 7. The molecule has 0 spiro atoms. The van der Waals surface area contributed by atoms with Crippen LogP contribution in [0, 0.1) is 0 Å². The van der Waals surface area contributed by atoms with Crippen LogP contribution in [-0.4, -0.2) is 59.6 Å². The number of para-hydroxylation sites is 1. The van der Waals surface area contributed by atoms with Crippen molar-refractivity contribution in [2.45, 2.75) is 25.4 Å². The number of carbonyl (C=O) groups excluding carboxylic acids is 1. The van der Waals surface area contributed by atoms with E-state index in [1.165, 1.54) is 0 Å². The molecule has 1 aliphatic heterocycles. The molecular formula is C24H28N4O3S. The van der Waals surface area contributed by atoms with Gasteiger partial charge in [-0.15, -0.1) is 0 Å². The molecule has 8 heteroatoms. The zero-order valence-electron chi connectivity index (χ0n) is 18.4. The van der Waals surface area contributed by atoms with Crippen LogP contribution in [0.3, 0.4) is 0 Å². The fraction of sp³-hybridized carbons (Fsp3) is 0.333. The van der Waals surface area contributed by atoms with E-state index in [1.807, 2.05) is 83.5 Å². The topological polar surface area (TPSA) is 84.3 Å². The number of nitrogens with zero attached hydrogens (tertiary/aromatic N) is 3. The van der Waals surface area contributed by atoms with Crippen molar-refractivity contribution in [3.8, 4) is 16.9 Å². The summed E-state index contributed by atoms with van der Waals surface area (Å²) in [4.78, 5) is 14.5. The average molecular weight is 453 g/mol. The van der Waals surface area contributed by atoms with E-state index in [2.05, 4.69) is 5.32 Å². The average Bonchev–Trinajstić information content (AvgIpc) is 3.28. The molecule has 1 aromatic heterocycles. The van der Waals surface area contributed by atoms with Crippen LogP contribution in [0.2, 0.25) is 0 Å². The summed E-state index contributed by atoms with van der Waals surface area (Å²) in [7, 11) is -1.20. The highest BCUT2D eigenvalue weighted by Gasteiger charge is 2.39. The first-order chi connectivity index (χ1) is 15.2. The van der Waals surface area contributed by atoms with Crippen molar-refractivity contribution in [1.29, 1.82) is 0 Å². The Bertz CT molecular complexity index is 1190. The van der Waals surface area contributed by atoms with Crippen molar-refractivity contribution in [1.82, 2.24) is 20.0 Å². The van der Waals surface area contributed by atoms with Crippen LogP contribution < -0.4 is 5.32 Å². The molecule has 1 fully saturated rings. The first-order valence-electron chi connectivity index (χ1n) is 10.6. The summed E-state index contributed by atoms with van der Waals surface area (Å²) in [5, 5.41) is 7.74. The van der Waals surface area contributed by atoms with E-state index in [4.69, 9.17) is 5.10 Å². The lowest BCUT2D eigenvalue weighted by atomic mass is 10.0. The summed E-state index contributed by atoms with van der Waals surface area (Å²) >= 11 is 0. The van der Waals surface area contributed by atoms with Gasteiger partial charge >= 0.3 is 0 Å². The number of sulfone groups is 1. The van der Waals surface area contributed by atoms with Crippen molar-refractivity contribution < 1.29 is 13.2 Å². The normalized spacial score (nSPS) is 19.8. The van der Waals surface area contributed by atoms with Gasteiger partial charge < -0.3 is 5.32 Å². The molecule has 0 saturated carbocycles. The van der Waals surface area contributed by atoms with Crippen molar-refractivity contribution in [2.24, 2.45) is 0 Å². The lowest BCUT2D eigenvalue weighted by Gasteiger charge is -2.25. The minimum Gasteiger partial charge on any atom is -0.349 e. The maximum Gasteiger partial charge on any atom is 0.234 e. The second-order valence-electron chi connectivity index (χ2n) is 8.77. The van der Waals surface area contributed by atoms with Gasteiger partial charge in [0.2, 0.25) is 5.91 Å². The Hall–Kier alpha value is -2.97. The van der Waals surface area contributed by atoms with Gasteiger partial charge in [0.25, 0.3) is 0 Å². The van der Waals surface area contributed by atoms with Crippen LogP contribution in [-0.2, 0) is 21.2 Å². The zero-order chi connectivity index (χ0) is 22.8. The fourth-order valence-electron chi connectivity index (χ4n) is 4.15. The Morgan fingerprint density at radius 2 is 1.78 bits per heavy atom. The predicted octanol–water partition coefficient (Wildman–Crippen LogP) is 2.66. The summed E-state index contributed by atoms with van der Waals surface area (Å²) < 4.78 is 25.5. The molecule has 0 radical (unpaired) electrons. The third-order valence-electron chi connectivity index (χ3n) is 5.66. The first-order valence-corrected chi connectivity index (χ1v) is 12.4. The third-order valence-corrected chi connectivity index (χ3v) is 7.56. The van der Waals surface area contributed by atoms with Gasteiger partial charge in [-0.05, 0) is 32.5 Å². The summed E-state index contributed by atoms with van der Waals surface area (Å²) in [5.74, 6) is -0.0558. The summed E-state index contributed by atoms with van der Waals surface area (Å²) in [6.07, 6.45) is 2.45. The molecule has 1 unspecified atom stereocenters. The predicted molar refractivity (Wildman–Crippen MR) is 125 cm³/mol. The Labute approximate surface area is 189 Å². The Kier molecular flexibility index (Phi) is 6.17. The van der Waals surface area contributed by atoms with E-state index in [0.29, 0.717) is 13.0 Å². The highest BCUT2D eigenvalue weighted by atomic mass is 32.2. The molecule has 1 amide bonds. The lowest BCUT2D eigenvalue weighted by molar-refractivity contribution is -0.123. The van der Waals surface area contributed by atoms with Crippen LogP contribution in [0.25, 0.3) is 16.9 Å². The Morgan fingerprint density at radius 1 is 1.12 bits per heavy atom. The maximum absolute atomic E-state index is 12.6. The van der Waals surface area contributed by atoms with Crippen LogP contribution in [0.5, 0.6) is 0 Å². The molecule has 7 nitrogen and oxygen atoms in total. The number of carbonyl (C=O) groups is 1. The third kappa shape index (κ3) is 5.26. The van der Waals surface area contributed by atoms with Gasteiger partial charge in [-0.3, -0.25) is 9.69 Å². The van der Waals surface area contributed by atoms with Gasteiger partial charge in [-0.2, -0.15) is 5.10 Å². The van der Waals surface area contributed by atoms with Crippen LogP contribution in [0.15, 0.2) is 66.9 Å². The minimum atomic E-state index is -3.08. The number of aromatic nitrogens is 2. The number of hydrogen-bond acceptors (Lipinski definition) is 5. The van der Waals surface area contributed by atoms with E-state index in [1.54, 1.807) is 6.92 Å². The van der Waals surface area contributed by atoms with Crippen molar-refractivity contribution >= 4 is 15.7 Å². The minimum absolute atomic E-state index is 0.00252. The number of likely N-dealkylation sites (N-methyl/N-ethyl adjacent to an activating group) is 1. The molecule has 2 heterocycles. The monoisotopic (exact) mass is 452 g/mol. The van der Waals surface area contributed by atoms with Crippen molar-refractivity contribution in [3.63, 3.8) is 0 Å². The number of nitrogens with one attached hydrogen (secondary N) is 1. The largest absolute Gasteiger partial charge is 0.349 e. The standard InChI is InChI=1S/C24H28N4O3S/c1-24(13-14-32(30,31)18-24)25-22(29)17-27(2)15-20-16-28(21-11-7-4-8-12-21)26-23(20)19-9-5-3-6-10-19/h3-12,16H,13-15,17-18H2,1-2H3,(H,25,29). The van der Waals surface area contributed by atoms with Gasteiger partial charge in [0, 0.05) is 23.9 Å². The van der Waals surface area contributed by atoms with Crippen molar-refractivity contribution in [3.05, 3.63) is 72.4 Å². The van der Waals surface area contributed by atoms with E-state index in [-0.39, 0.29) is 24.0 Å². The van der Waals surface area contributed by atoms with Crippen LogP contribution in [0.1, 0.15) is 18.9 Å². The highest BCUT2D eigenvalue weighted by molar-refractivity contribution is 7.91. The SMILES string of the molecule is CN(CC(=O)NC1(C)CCS(=O)(=O)C1)Cc1cn(-c2ccccc2)nc1-c1ccccc1. The molecule has 0 aliphatic carbocycles. The Balaban J connectivity index is 1.50. The van der Waals surface area contributed by atoms with E-state index >= 15 is 0 Å². The smallest absolute Gasteiger partial charge is 0.234 e. The first kappa shape index (κ1) is 22.2. The van der Waals surface area contributed by atoms with Crippen molar-refractivity contribution in [2.75, 3.05) is 25.1 Å². The maximum atomic E-state index is 12.6.